The van der Waals surface area contributed by atoms with Crippen LogP contribution in [-0.2, 0) is 6.42 Å². The molecule has 3 aromatic rings. The Labute approximate surface area is 177 Å². The molecule has 0 saturated heterocycles. The molecule has 0 fully saturated rings. The molecular formula is C24H29N3O3. The number of ketones is 2. The first-order chi connectivity index (χ1) is 14.3. The van der Waals surface area contributed by atoms with Gasteiger partial charge in [-0.05, 0) is 53.3 Å². The highest BCUT2D eigenvalue weighted by Crippen LogP contribution is 2.22. The third kappa shape index (κ3) is 4.60. The second kappa shape index (κ2) is 9.22. The van der Waals surface area contributed by atoms with Crippen LogP contribution < -0.4 is 0 Å². The molecule has 30 heavy (non-hydrogen) atoms. The first-order valence-corrected chi connectivity index (χ1v) is 10.2. The number of hydrogen-bond acceptors (Lipinski definition) is 5. The van der Waals surface area contributed by atoms with Crippen molar-refractivity contribution in [3.05, 3.63) is 64.7 Å². The summed E-state index contributed by atoms with van der Waals surface area (Å²) in [4.78, 5) is 30.0. The third-order valence-corrected chi connectivity index (χ3v) is 5.64. The van der Waals surface area contributed by atoms with E-state index in [4.69, 9.17) is 4.52 Å². The van der Waals surface area contributed by atoms with Crippen LogP contribution in [-0.4, -0.2) is 46.2 Å². The Kier molecular flexibility index (Phi) is 6.67. The van der Waals surface area contributed by atoms with Crippen LogP contribution in [0, 0.1) is 13.8 Å². The van der Waals surface area contributed by atoms with Crippen molar-refractivity contribution in [1.82, 2.24) is 15.0 Å². The SMILES string of the molecule is CC(=O)c1c(C)[nH]c(C(=O)C(C)N(C)CCCc2cc(-c3ccccc3)no2)c1C. The van der Waals surface area contributed by atoms with Crippen molar-refractivity contribution in [2.45, 2.75) is 46.6 Å². The van der Waals surface area contributed by atoms with Crippen molar-refractivity contribution in [2.75, 3.05) is 13.6 Å². The molecule has 0 bridgehead atoms. The van der Waals surface area contributed by atoms with Gasteiger partial charge in [-0.2, -0.15) is 0 Å². The van der Waals surface area contributed by atoms with Gasteiger partial charge < -0.3 is 9.51 Å². The molecule has 3 rings (SSSR count). The number of aromatic nitrogens is 2. The van der Waals surface area contributed by atoms with Crippen LogP contribution in [0.25, 0.3) is 11.3 Å². The maximum Gasteiger partial charge on any atom is 0.196 e. The lowest BCUT2D eigenvalue weighted by Gasteiger charge is -2.23. The minimum absolute atomic E-state index is 0.00312. The lowest BCUT2D eigenvalue weighted by atomic mass is 10.0. The smallest absolute Gasteiger partial charge is 0.196 e. The standard InChI is InChI=1S/C24H29N3O3/c1-15-22(18(4)28)16(2)25-23(15)24(29)17(3)27(5)13-9-12-20-14-21(26-30-20)19-10-7-6-8-11-19/h6-8,10-11,14,17,25H,9,12-13H2,1-5H3. The number of rotatable bonds is 9. The molecule has 0 aliphatic rings. The van der Waals surface area contributed by atoms with Gasteiger partial charge in [-0.3, -0.25) is 14.5 Å². The number of carbonyl (C=O) groups is 2. The zero-order valence-corrected chi connectivity index (χ0v) is 18.3. The van der Waals surface area contributed by atoms with E-state index < -0.39 is 0 Å². The van der Waals surface area contributed by atoms with Crippen LogP contribution in [0.4, 0.5) is 0 Å². The number of aryl methyl sites for hydroxylation is 2. The molecular weight excluding hydrogens is 378 g/mol. The Morgan fingerprint density at radius 1 is 1.20 bits per heavy atom. The van der Waals surface area contributed by atoms with Gasteiger partial charge in [0.05, 0.1) is 11.7 Å². The van der Waals surface area contributed by atoms with Gasteiger partial charge in [0.15, 0.2) is 11.6 Å². The number of H-pyrrole nitrogens is 1. The van der Waals surface area contributed by atoms with Crippen molar-refractivity contribution in [3.8, 4) is 11.3 Å². The summed E-state index contributed by atoms with van der Waals surface area (Å²) < 4.78 is 5.46. The number of aromatic amines is 1. The largest absolute Gasteiger partial charge is 0.361 e. The molecule has 0 amide bonds. The molecule has 158 valence electrons. The summed E-state index contributed by atoms with van der Waals surface area (Å²) in [5.41, 5.74) is 4.50. The van der Waals surface area contributed by atoms with Crippen LogP contribution in [0.5, 0.6) is 0 Å². The van der Waals surface area contributed by atoms with E-state index >= 15 is 0 Å². The Hall–Kier alpha value is -2.99. The molecule has 0 saturated carbocycles. The van der Waals surface area contributed by atoms with Gasteiger partial charge in [0.2, 0.25) is 0 Å². The molecule has 1 N–H and O–H groups in total. The summed E-state index contributed by atoms with van der Waals surface area (Å²) in [6, 6.07) is 11.6. The molecule has 0 spiro atoms. The lowest BCUT2D eigenvalue weighted by Crippen LogP contribution is -2.37. The summed E-state index contributed by atoms with van der Waals surface area (Å²) >= 11 is 0. The Morgan fingerprint density at radius 3 is 2.53 bits per heavy atom. The van der Waals surface area contributed by atoms with E-state index in [0.29, 0.717) is 11.3 Å². The van der Waals surface area contributed by atoms with E-state index in [-0.39, 0.29) is 17.6 Å². The molecule has 0 radical (unpaired) electrons. The summed E-state index contributed by atoms with van der Waals surface area (Å²) in [6.45, 7) is 7.82. The van der Waals surface area contributed by atoms with E-state index in [1.165, 1.54) is 6.92 Å². The van der Waals surface area contributed by atoms with E-state index in [2.05, 4.69) is 10.1 Å². The van der Waals surface area contributed by atoms with E-state index in [9.17, 15) is 9.59 Å². The number of likely N-dealkylation sites (N-methyl/N-ethyl adjacent to an activating group) is 1. The van der Waals surface area contributed by atoms with Crippen molar-refractivity contribution >= 4 is 11.6 Å². The number of benzene rings is 1. The number of nitrogens with zero attached hydrogens (tertiary/aromatic N) is 2. The van der Waals surface area contributed by atoms with Gasteiger partial charge in [0.1, 0.15) is 11.5 Å². The maximum absolute atomic E-state index is 13.0. The lowest BCUT2D eigenvalue weighted by molar-refractivity contribution is 0.0862. The predicted molar refractivity (Wildman–Crippen MR) is 117 cm³/mol. The minimum Gasteiger partial charge on any atom is -0.361 e. The second-order valence-electron chi connectivity index (χ2n) is 7.85. The van der Waals surface area contributed by atoms with Crippen molar-refractivity contribution in [3.63, 3.8) is 0 Å². The van der Waals surface area contributed by atoms with Crippen LogP contribution in [0.15, 0.2) is 40.9 Å². The van der Waals surface area contributed by atoms with Gasteiger partial charge in [0, 0.05) is 29.3 Å². The van der Waals surface area contributed by atoms with Gasteiger partial charge in [-0.15, -0.1) is 0 Å². The fourth-order valence-corrected chi connectivity index (χ4v) is 3.81. The topological polar surface area (TPSA) is 79.2 Å². The number of Topliss-reactive ketones (excluding diaryl/α,β-unsaturated/α-hetero) is 2. The third-order valence-electron chi connectivity index (χ3n) is 5.64. The Bertz CT molecular complexity index is 1030. The fraction of sp³-hybridized carbons (Fsp3) is 0.375. The van der Waals surface area contributed by atoms with Crippen molar-refractivity contribution in [1.29, 1.82) is 0 Å². The van der Waals surface area contributed by atoms with Gasteiger partial charge in [0.25, 0.3) is 0 Å². The maximum atomic E-state index is 13.0. The van der Waals surface area contributed by atoms with Gasteiger partial charge in [-0.25, -0.2) is 0 Å². The zero-order valence-electron chi connectivity index (χ0n) is 18.3. The predicted octanol–water partition coefficient (Wildman–Crippen LogP) is 4.62. The molecule has 2 heterocycles. The average molecular weight is 408 g/mol. The Balaban J connectivity index is 1.57. The molecule has 6 nitrogen and oxygen atoms in total. The van der Waals surface area contributed by atoms with Crippen molar-refractivity contribution < 1.29 is 14.1 Å². The number of nitrogens with one attached hydrogen (secondary N) is 1. The molecule has 1 unspecified atom stereocenters. The van der Waals surface area contributed by atoms with E-state index in [1.54, 1.807) is 0 Å². The van der Waals surface area contributed by atoms with Crippen LogP contribution in [0.1, 0.15) is 58.1 Å². The highest BCUT2D eigenvalue weighted by Gasteiger charge is 2.25. The summed E-state index contributed by atoms with van der Waals surface area (Å²) in [5.74, 6) is 0.808. The highest BCUT2D eigenvalue weighted by atomic mass is 16.5. The summed E-state index contributed by atoms with van der Waals surface area (Å²) in [7, 11) is 1.94. The molecule has 0 aliphatic heterocycles. The van der Waals surface area contributed by atoms with Crippen LogP contribution in [0.2, 0.25) is 0 Å². The molecule has 1 atom stereocenters. The van der Waals surface area contributed by atoms with E-state index in [1.807, 2.05) is 69.1 Å². The van der Waals surface area contributed by atoms with Gasteiger partial charge >= 0.3 is 0 Å². The minimum atomic E-state index is -0.295. The molecule has 0 aliphatic carbocycles. The average Bonchev–Trinajstić information content (AvgIpc) is 3.31. The summed E-state index contributed by atoms with van der Waals surface area (Å²) in [6.07, 6.45) is 1.60. The summed E-state index contributed by atoms with van der Waals surface area (Å²) in [5, 5.41) is 4.15. The first-order valence-electron chi connectivity index (χ1n) is 10.2. The second-order valence-corrected chi connectivity index (χ2v) is 7.85. The molecule has 2 aromatic heterocycles. The first kappa shape index (κ1) is 21.7. The van der Waals surface area contributed by atoms with Crippen molar-refractivity contribution in [2.24, 2.45) is 0 Å². The van der Waals surface area contributed by atoms with Gasteiger partial charge in [-0.1, -0.05) is 35.5 Å². The monoisotopic (exact) mass is 407 g/mol. The zero-order chi connectivity index (χ0) is 21.8. The molecule has 6 heteroatoms. The number of carbonyl (C=O) groups excluding carboxylic acids is 2. The normalized spacial score (nSPS) is 12.3. The van der Waals surface area contributed by atoms with E-state index in [0.717, 1.165) is 47.7 Å². The number of hydrogen-bond donors (Lipinski definition) is 1. The molecule has 1 aromatic carbocycles. The van der Waals surface area contributed by atoms with Crippen LogP contribution >= 0.6 is 0 Å². The fourth-order valence-electron chi connectivity index (χ4n) is 3.81. The van der Waals surface area contributed by atoms with Crippen LogP contribution in [0.3, 0.4) is 0 Å². The quantitative estimate of drug-likeness (QED) is 0.523. The Morgan fingerprint density at radius 2 is 1.90 bits per heavy atom. The highest BCUT2D eigenvalue weighted by molar-refractivity contribution is 6.05.